The molecule has 0 aliphatic rings. The van der Waals surface area contributed by atoms with Crippen molar-refractivity contribution < 1.29 is 22.7 Å². The van der Waals surface area contributed by atoms with Crippen LogP contribution in [0.25, 0.3) is 0 Å². The van der Waals surface area contributed by atoms with Gasteiger partial charge in [0.05, 0.1) is 5.02 Å². The van der Waals surface area contributed by atoms with Gasteiger partial charge in [-0.1, -0.05) is 11.6 Å². The van der Waals surface area contributed by atoms with Crippen molar-refractivity contribution >= 4 is 27.6 Å². The predicted octanol–water partition coefficient (Wildman–Crippen LogP) is 1.88. The molecule has 0 saturated heterocycles. The van der Waals surface area contributed by atoms with Gasteiger partial charge in [-0.25, -0.2) is 12.8 Å². The van der Waals surface area contributed by atoms with Crippen molar-refractivity contribution in [3.05, 3.63) is 28.5 Å². The van der Waals surface area contributed by atoms with Crippen LogP contribution in [0.3, 0.4) is 0 Å². The lowest BCUT2D eigenvalue weighted by Gasteiger charge is -2.21. The number of likely N-dealkylation sites (N-methyl/N-ethyl adjacent to an activating group) is 1. The Morgan fingerprint density at radius 2 is 2.00 bits per heavy atom. The fourth-order valence-corrected chi connectivity index (χ4v) is 3.24. The van der Waals surface area contributed by atoms with Crippen molar-refractivity contribution in [2.24, 2.45) is 0 Å². The Morgan fingerprint density at radius 3 is 2.47 bits per heavy atom. The van der Waals surface area contributed by atoms with E-state index in [1.165, 1.54) is 13.8 Å². The maximum absolute atomic E-state index is 13.2. The van der Waals surface area contributed by atoms with Crippen LogP contribution in [0.1, 0.15) is 12.5 Å². The third-order valence-electron chi connectivity index (χ3n) is 2.77. The van der Waals surface area contributed by atoms with E-state index in [2.05, 4.69) is 0 Å². The number of benzene rings is 1. The monoisotopic (exact) mass is 309 g/mol. The number of sulfonamides is 1. The zero-order chi connectivity index (χ0) is 15.0. The van der Waals surface area contributed by atoms with Crippen LogP contribution in [0.15, 0.2) is 17.0 Å². The molecule has 1 aromatic rings. The zero-order valence-electron chi connectivity index (χ0n) is 10.5. The average molecular weight is 310 g/mol. The molecule has 0 bridgehead atoms. The Labute approximate surface area is 115 Å². The van der Waals surface area contributed by atoms with Crippen LogP contribution in [0.5, 0.6) is 0 Å². The lowest BCUT2D eigenvalue weighted by molar-refractivity contribution is -0.140. The van der Waals surface area contributed by atoms with Gasteiger partial charge in [0.15, 0.2) is 0 Å². The molecule has 0 aromatic heterocycles. The van der Waals surface area contributed by atoms with E-state index in [0.717, 1.165) is 19.2 Å². The number of nitrogens with zero attached hydrogens (tertiary/aromatic N) is 1. The van der Waals surface area contributed by atoms with E-state index in [1.54, 1.807) is 0 Å². The first-order valence-corrected chi connectivity index (χ1v) is 7.07. The fourth-order valence-electron chi connectivity index (χ4n) is 1.35. The Bertz CT molecular complexity index is 617. The SMILES string of the molecule is Cc1cc(S(=O)(=O)N(C)C(C)C(=O)O)c(Cl)cc1F. The average Bonchev–Trinajstić information content (AvgIpc) is 2.31. The van der Waals surface area contributed by atoms with E-state index >= 15 is 0 Å². The van der Waals surface area contributed by atoms with Gasteiger partial charge in [0.2, 0.25) is 10.0 Å². The molecule has 0 aliphatic carbocycles. The van der Waals surface area contributed by atoms with Gasteiger partial charge in [0, 0.05) is 7.05 Å². The van der Waals surface area contributed by atoms with Crippen LogP contribution in [0.4, 0.5) is 4.39 Å². The van der Waals surface area contributed by atoms with Gasteiger partial charge in [0.1, 0.15) is 16.8 Å². The van der Waals surface area contributed by atoms with E-state index < -0.39 is 27.9 Å². The van der Waals surface area contributed by atoms with E-state index in [1.807, 2.05) is 0 Å². The van der Waals surface area contributed by atoms with E-state index in [0.29, 0.717) is 4.31 Å². The number of hydrogen-bond donors (Lipinski definition) is 1. The Kier molecular flexibility index (Phi) is 4.54. The number of rotatable bonds is 4. The van der Waals surface area contributed by atoms with Gasteiger partial charge in [-0.15, -0.1) is 0 Å². The molecule has 0 fully saturated rings. The molecular weight excluding hydrogens is 297 g/mol. The standard InChI is InChI=1S/C11H13ClFNO4S/c1-6-4-10(8(12)5-9(6)13)19(17,18)14(3)7(2)11(15)16/h4-5,7H,1-3H3,(H,15,16). The minimum atomic E-state index is -4.10. The second-order valence-corrected chi connectivity index (χ2v) is 6.44. The van der Waals surface area contributed by atoms with Crippen molar-refractivity contribution in [1.82, 2.24) is 4.31 Å². The van der Waals surface area contributed by atoms with E-state index in [4.69, 9.17) is 16.7 Å². The summed E-state index contributed by atoms with van der Waals surface area (Å²) in [4.78, 5) is 10.5. The first-order valence-electron chi connectivity index (χ1n) is 5.25. The maximum Gasteiger partial charge on any atom is 0.321 e. The quantitative estimate of drug-likeness (QED) is 0.921. The molecule has 19 heavy (non-hydrogen) atoms. The minimum Gasteiger partial charge on any atom is -0.480 e. The lowest BCUT2D eigenvalue weighted by Crippen LogP contribution is -2.40. The molecule has 1 atom stereocenters. The molecule has 0 radical (unpaired) electrons. The lowest BCUT2D eigenvalue weighted by atomic mass is 10.2. The van der Waals surface area contributed by atoms with Crippen LogP contribution in [-0.2, 0) is 14.8 Å². The van der Waals surface area contributed by atoms with Gasteiger partial charge in [-0.2, -0.15) is 4.31 Å². The van der Waals surface area contributed by atoms with E-state index in [9.17, 15) is 17.6 Å². The number of aliphatic carboxylic acids is 1. The summed E-state index contributed by atoms with van der Waals surface area (Å²) in [5.41, 5.74) is 0.111. The van der Waals surface area contributed by atoms with Crippen LogP contribution in [0.2, 0.25) is 5.02 Å². The zero-order valence-corrected chi connectivity index (χ0v) is 12.1. The second kappa shape index (κ2) is 5.44. The fraction of sp³-hybridized carbons (Fsp3) is 0.364. The third-order valence-corrected chi connectivity index (χ3v) is 5.17. The molecule has 1 aromatic carbocycles. The number of carboxylic acids is 1. The highest BCUT2D eigenvalue weighted by molar-refractivity contribution is 7.89. The number of carboxylic acid groups (broad SMARTS) is 1. The van der Waals surface area contributed by atoms with Gasteiger partial charge < -0.3 is 5.11 Å². The smallest absolute Gasteiger partial charge is 0.321 e. The second-order valence-electron chi connectivity index (χ2n) is 4.07. The molecule has 0 amide bonds. The summed E-state index contributed by atoms with van der Waals surface area (Å²) in [5, 5.41) is 8.55. The van der Waals surface area contributed by atoms with Crippen LogP contribution in [0, 0.1) is 12.7 Å². The molecule has 1 unspecified atom stereocenters. The summed E-state index contributed by atoms with van der Waals surface area (Å²) in [5.74, 6) is -1.92. The van der Waals surface area contributed by atoms with Crippen LogP contribution in [-0.4, -0.2) is 36.9 Å². The van der Waals surface area contributed by atoms with Crippen molar-refractivity contribution in [1.29, 1.82) is 0 Å². The molecule has 0 aliphatic heterocycles. The number of halogens is 2. The Balaban J connectivity index is 3.36. The third kappa shape index (κ3) is 3.05. The molecule has 106 valence electrons. The van der Waals surface area contributed by atoms with Crippen molar-refractivity contribution in [3.63, 3.8) is 0 Å². The molecule has 1 N–H and O–H groups in total. The summed E-state index contributed by atoms with van der Waals surface area (Å²) >= 11 is 5.72. The first kappa shape index (κ1) is 15.9. The largest absolute Gasteiger partial charge is 0.480 e. The normalized spacial score (nSPS) is 13.6. The summed E-state index contributed by atoms with van der Waals surface area (Å²) in [6.07, 6.45) is 0. The number of carbonyl (C=O) groups is 1. The molecule has 0 saturated carbocycles. The van der Waals surface area contributed by atoms with Crippen LogP contribution < -0.4 is 0 Å². The van der Waals surface area contributed by atoms with Crippen molar-refractivity contribution in [2.75, 3.05) is 7.05 Å². The summed E-state index contributed by atoms with van der Waals surface area (Å²) < 4.78 is 38.4. The molecule has 0 spiro atoms. The van der Waals surface area contributed by atoms with Crippen LogP contribution >= 0.6 is 11.6 Å². The Hall–Kier alpha value is -1.18. The van der Waals surface area contributed by atoms with E-state index in [-0.39, 0.29) is 15.5 Å². The number of aryl methyl sites for hydroxylation is 1. The van der Waals surface area contributed by atoms with Gasteiger partial charge >= 0.3 is 5.97 Å². The minimum absolute atomic E-state index is 0.111. The molecule has 1 rings (SSSR count). The van der Waals surface area contributed by atoms with Gasteiger partial charge in [-0.3, -0.25) is 4.79 Å². The molecule has 0 heterocycles. The van der Waals surface area contributed by atoms with Crippen molar-refractivity contribution in [2.45, 2.75) is 24.8 Å². The first-order chi connectivity index (χ1) is 8.59. The van der Waals surface area contributed by atoms with Gasteiger partial charge in [0.25, 0.3) is 0 Å². The van der Waals surface area contributed by atoms with Crippen molar-refractivity contribution in [3.8, 4) is 0 Å². The summed E-state index contributed by atoms with van der Waals surface area (Å²) in [6.45, 7) is 2.62. The predicted molar refractivity (Wildman–Crippen MR) is 68.2 cm³/mol. The highest BCUT2D eigenvalue weighted by atomic mass is 35.5. The molecular formula is C11H13ClFNO4S. The van der Waals surface area contributed by atoms with Gasteiger partial charge in [-0.05, 0) is 31.5 Å². The summed E-state index contributed by atoms with van der Waals surface area (Å²) in [7, 11) is -2.97. The Morgan fingerprint density at radius 1 is 1.47 bits per heavy atom. The topological polar surface area (TPSA) is 74.7 Å². The highest BCUT2D eigenvalue weighted by Gasteiger charge is 2.31. The number of hydrogen-bond acceptors (Lipinski definition) is 3. The molecule has 5 nitrogen and oxygen atoms in total. The highest BCUT2D eigenvalue weighted by Crippen LogP contribution is 2.27. The maximum atomic E-state index is 13.2. The molecule has 8 heteroatoms. The summed E-state index contributed by atoms with van der Waals surface area (Å²) in [6, 6.07) is 0.715.